The molecule has 0 aliphatic heterocycles. The molecule has 0 bridgehead atoms. The molecule has 2 rings (SSSR count). The molecule has 0 aromatic heterocycles. The molecule has 1 fully saturated rings. The van der Waals surface area contributed by atoms with E-state index in [1.807, 2.05) is 31.3 Å². The number of methoxy groups -OCH3 is 1. The van der Waals surface area contributed by atoms with E-state index < -0.39 is 0 Å². The highest BCUT2D eigenvalue weighted by atomic mass is 16.5. The second-order valence-electron chi connectivity index (χ2n) is 4.26. The molecule has 1 aliphatic carbocycles. The van der Waals surface area contributed by atoms with Crippen molar-refractivity contribution < 1.29 is 4.74 Å². The fraction of sp³-hybridized carbons (Fsp3) is 0.462. The van der Waals surface area contributed by atoms with E-state index >= 15 is 0 Å². The molecule has 0 radical (unpaired) electrons. The second kappa shape index (κ2) is 4.15. The lowest BCUT2D eigenvalue weighted by Crippen LogP contribution is -2.25. The molecule has 3 nitrogen and oxygen atoms in total. The van der Waals surface area contributed by atoms with Crippen LogP contribution in [0, 0.1) is 16.7 Å². The van der Waals surface area contributed by atoms with Gasteiger partial charge >= 0.3 is 0 Å². The molecule has 1 aromatic carbocycles. The first-order chi connectivity index (χ1) is 7.75. The average molecular weight is 216 g/mol. The summed E-state index contributed by atoms with van der Waals surface area (Å²) in [4.78, 5) is 0. The summed E-state index contributed by atoms with van der Waals surface area (Å²) in [5.41, 5.74) is 0.964. The normalized spacial score (nSPS) is 18.6. The van der Waals surface area contributed by atoms with Gasteiger partial charge in [-0.05, 0) is 37.6 Å². The highest BCUT2D eigenvalue weighted by Crippen LogP contribution is 2.54. The zero-order valence-corrected chi connectivity index (χ0v) is 9.66. The van der Waals surface area contributed by atoms with E-state index in [1.165, 1.54) is 0 Å². The maximum absolute atomic E-state index is 9.21. The van der Waals surface area contributed by atoms with E-state index in [9.17, 15) is 5.26 Å². The summed E-state index contributed by atoms with van der Waals surface area (Å²) in [7, 11) is 3.56. The second-order valence-corrected chi connectivity index (χ2v) is 4.26. The molecule has 84 valence electrons. The van der Waals surface area contributed by atoms with Gasteiger partial charge in [-0.15, -0.1) is 0 Å². The van der Waals surface area contributed by atoms with Gasteiger partial charge < -0.3 is 10.1 Å². The predicted molar refractivity (Wildman–Crippen MR) is 62.1 cm³/mol. The highest BCUT2D eigenvalue weighted by Gasteiger charge is 2.50. The van der Waals surface area contributed by atoms with Crippen LogP contribution >= 0.6 is 0 Å². The van der Waals surface area contributed by atoms with Crippen molar-refractivity contribution in [1.29, 1.82) is 5.26 Å². The van der Waals surface area contributed by atoms with Gasteiger partial charge in [0.1, 0.15) is 5.75 Å². The molecule has 0 saturated heterocycles. The monoisotopic (exact) mass is 216 g/mol. The number of ether oxygens (including phenoxy) is 1. The van der Waals surface area contributed by atoms with Gasteiger partial charge in [0.2, 0.25) is 0 Å². The van der Waals surface area contributed by atoms with Crippen LogP contribution in [-0.4, -0.2) is 14.2 Å². The molecular formula is C13H16N2O. The van der Waals surface area contributed by atoms with Crippen molar-refractivity contribution in [3.63, 3.8) is 0 Å². The van der Waals surface area contributed by atoms with Crippen LogP contribution in [0.5, 0.6) is 5.75 Å². The van der Waals surface area contributed by atoms with Crippen molar-refractivity contribution >= 4 is 0 Å². The summed E-state index contributed by atoms with van der Waals surface area (Å²) < 4.78 is 5.12. The van der Waals surface area contributed by atoms with Crippen LogP contribution < -0.4 is 10.1 Å². The van der Waals surface area contributed by atoms with Gasteiger partial charge in [0.15, 0.2) is 0 Å². The van der Waals surface area contributed by atoms with Crippen molar-refractivity contribution in [1.82, 2.24) is 5.32 Å². The summed E-state index contributed by atoms with van der Waals surface area (Å²) >= 11 is 0. The van der Waals surface area contributed by atoms with Gasteiger partial charge in [-0.2, -0.15) is 5.26 Å². The third-order valence-corrected chi connectivity index (χ3v) is 3.30. The van der Waals surface area contributed by atoms with Crippen molar-refractivity contribution in [2.75, 3.05) is 14.2 Å². The molecule has 0 amide bonds. The van der Waals surface area contributed by atoms with Crippen molar-refractivity contribution in [3.05, 3.63) is 29.8 Å². The number of rotatable bonds is 4. The molecule has 1 atom stereocenters. The maximum atomic E-state index is 9.21. The summed E-state index contributed by atoms with van der Waals surface area (Å²) in [6.45, 7) is 0. The Labute approximate surface area is 96.0 Å². The smallest absolute Gasteiger partial charge is 0.118 e. The fourth-order valence-electron chi connectivity index (χ4n) is 2.16. The first-order valence-electron chi connectivity index (χ1n) is 5.48. The molecule has 16 heavy (non-hydrogen) atoms. The Kier molecular flexibility index (Phi) is 2.84. The lowest BCUT2D eigenvalue weighted by atomic mass is 9.91. The third kappa shape index (κ3) is 1.77. The average Bonchev–Trinajstić information content (AvgIpc) is 3.12. The predicted octanol–water partition coefficient (Wildman–Crippen LogP) is 2.26. The number of hydrogen-bond acceptors (Lipinski definition) is 3. The van der Waals surface area contributed by atoms with Crippen molar-refractivity contribution in [2.45, 2.75) is 18.9 Å². The number of benzene rings is 1. The van der Waals surface area contributed by atoms with Gasteiger partial charge in [-0.25, -0.2) is 0 Å². The van der Waals surface area contributed by atoms with Gasteiger partial charge in [0.05, 0.1) is 24.6 Å². The van der Waals surface area contributed by atoms with Crippen molar-refractivity contribution in [3.8, 4) is 11.8 Å². The van der Waals surface area contributed by atoms with Crippen LogP contribution in [0.1, 0.15) is 24.4 Å². The minimum Gasteiger partial charge on any atom is -0.497 e. The molecule has 1 aromatic rings. The maximum Gasteiger partial charge on any atom is 0.118 e. The third-order valence-electron chi connectivity index (χ3n) is 3.30. The van der Waals surface area contributed by atoms with E-state index in [4.69, 9.17) is 4.74 Å². The quantitative estimate of drug-likeness (QED) is 0.839. The SMILES string of the molecule is CNC(c1ccc(OC)cc1)C1(C#N)CC1. The summed E-state index contributed by atoms with van der Waals surface area (Å²) in [6.07, 6.45) is 1.97. The van der Waals surface area contributed by atoms with E-state index in [0.717, 1.165) is 24.2 Å². The van der Waals surface area contributed by atoms with E-state index in [2.05, 4.69) is 11.4 Å². The number of nitrogens with one attached hydrogen (secondary N) is 1. The van der Waals surface area contributed by atoms with Crippen LogP contribution in [-0.2, 0) is 0 Å². The van der Waals surface area contributed by atoms with Gasteiger partial charge in [-0.1, -0.05) is 12.1 Å². The summed E-state index contributed by atoms with van der Waals surface area (Å²) in [5, 5.41) is 12.5. The number of nitrogens with zero attached hydrogens (tertiary/aromatic N) is 1. The Balaban J connectivity index is 2.24. The van der Waals surface area contributed by atoms with Crippen LogP contribution in [0.4, 0.5) is 0 Å². The van der Waals surface area contributed by atoms with Gasteiger partial charge in [-0.3, -0.25) is 0 Å². The molecule has 1 aliphatic rings. The lowest BCUT2D eigenvalue weighted by Gasteiger charge is -2.21. The molecule has 0 heterocycles. The zero-order valence-electron chi connectivity index (χ0n) is 9.66. The summed E-state index contributed by atoms with van der Waals surface area (Å²) in [5.74, 6) is 0.848. The van der Waals surface area contributed by atoms with Crippen LogP contribution in [0.25, 0.3) is 0 Å². The first-order valence-corrected chi connectivity index (χ1v) is 5.48. The topological polar surface area (TPSA) is 45.0 Å². The lowest BCUT2D eigenvalue weighted by molar-refractivity contribution is 0.412. The largest absolute Gasteiger partial charge is 0.497 e. The number of hydrogen-bond donors (Lipinski definition) is 1. The van der Waals surface area contributed by atoms with Crippen LogP contribution in [0.3, 0.4) is 0 Å². The Hall–Kier alpha value is -1.53. The van der Waals surface area contributed by atoms with Crippen LogP contribution in [0.15, 0.2) is 24.3 Å². The highest BCUT2D eigenvalue weighted by molar-refractivity contribution is 5.33. The number of nitriles is 1. The minimum absolute atomic E-state index is 0.128. The van der Waals surface area contributed by atoms with E-state index in [0.29, 0.717) is 0 Å². The minimum atomic E-state index is -0.191. The van der Waals surface area contributed by atoms with Crippen LogP contribution in [0.2, 0.25) is 0 Å². The molecule has 3 heteroatoms. The molecular weight excluding hydrogens is 200 g/mol. The first kappa shape index (κ1) is 11.0. The molecule has 1 N–H and O–H groups in total. The van der Waals surface area contributed by atoms with E-state index in [1.54, 1.807) is 7.11 Å². The fourth-order valence-corrected chi connectivity index (χ4v) is 2.16. The van der Waals surface area contributed by atoms with E-state index in [-0.39, 0.29) is 11.5 Å². The van der Waals surface area contributed by atoms with Gasteiger partial charge in [0, 0.05) is 0 Å². The van der Waals surface area contributed by atoms with Crippen molar-refractivity contribution in [2.24, 2.45) is 5.41 Å². The Morgan fingerprint density at radius 3 is 2.38 bits per heavy atom. The Morgan fingerprint density at radius 1 is 1.38 bits per heavy atom. The molecule has 0 spiro atoms. The Morgan fingerprint density at radius 2 is 2.00 bits per heavy atom. The Bertz CT molecular complexity index is 401. The molecule has 1 saturated carbocycles. The standard InChI is InChI=1S/C13H16N2O/c1-15-12(13(9-14)7-8-13)10-3-5-11(16-2)6-4-10/h3-6,12,15H,7-8H2,1-2H3. The molecule has 1 unspecified atom stereocenters. The summed E-state index contributed by atoms with van der Waals surface area (Å²) in [6, 6.07) is 10.5. The zero-order chi connectivity index (χ0) is 11.6. The van der Waals surface area contributed by atoms with Gasteiger partial charge in [0.25, 0.3) is 0 Å².